The van der Waals surface area contributed by atoms with Crippen LogP contribution in [0.2, 0.25) is 0 Å². The van der Waals surface area contributed by atoms with E-state index < -0.39 is 7.52 Å². The molecule has 0 aromatic heterocycles. The summed E-state index contributed by atoms with van der Waals surface area (Å²) in [6.45, 7) is 8.58. The summed E-state index contributed by atoms with van der Waals surface area (Å²) in [6.07, 6.45) is 0. The van der Waals surface area contributed by atoms with Crippen molar-refractivity contribution in [2.24, 2.45) is 4.76 Å². The molecule has 5 heteroatoms. The highest BCUT2D eigenvalue weighted by Gasteiger charge is 2.07. The molecule has 0 aliphatic carbocycles. The minimum Gasteiger partial charge on any atom is -0.361 e. The van der Waals surface area contributed by atoms with Crippen molar-refractivity contribution >= 4 is 13.4 Å². The summed E-state index contributed by atoms with van der Waals surface area (Å²) in [4.78, 5) is 1.94. The number of rotatable bonds is 3. The molecular formula is C7H17FN3P. The average molecular weight is 193 g/mol. The third-order valence-electron chi connectivity index (χ3n) is 1.55. The summed E-state index contributed by atoms with van der Waals surface area (Å²) in [6, 6.07) is 0. The lowest BCUT2D eigenvalue weighted by Crippen LogP contribution is -2.27. The molecule has 0 radical (unpaired) electrons. The first-order valence-electron chi connectivity index (χ1n) is 4.03. The van der Waals surface area contributed by atoms with E-state index in [1.807, 2.05) is 18.7 Å². The minimum absolute atomic E-state index is 0.633. The molecule has 0 aliphatic heterocycles. The van der Waals surface area contributed by atoms with Gasteiger partial charge >= 0.3 is 0 Å². The maximum absolute atomic E-state index is 12.8. The molecule has 72 valence electrons. The van der Waals surface area contributed by atoms with Gasteiger partial charge in [0.05, 0.1) is 0 Å². The van der Waals surface area contributed by atoms with Crippen molar-refractivity contribution < 1.29 is 4.20 Å². The van der Waals surface area contributed by atoms with Gasteiger partial charge in [-0.1, -0.05) is 0 Å². The molecule has 1 unspecified atom stereocenters. The Bertz CT molecular complexity index is 205. The van der Waals surface area contributed by atoms with Crippen LogP contribution in [0, 0.1) is 5.16 Å². The summed E-state index contributed by atoms with van der Waals surface area (Å²) < 4.78 is 16.5. The maximum atomic E-state index is 12.8. The third-order valence-corrected chi connectivity index (χ3v) is 2.22. The molecule has 0 bridgehead atoms. The second kappa shape index (κ2) is 4.61. The van der Waals surface area contributed by atoms with Crippen molar-refractivity contribution in [1.29, 1.82) is 5.16 Å². The first-order valence-corrected chi connectivity index (χ1v) is 6.11. The lowest BCUT2D eigenvalue weighted by molar-refractivity contribution is 0.463. The quantitative estimate of drug-likeness (QED) is 0.417. The Morgan fingerprint density at radius 3 is 2.17 bits per heavy atom. The number of nitrogens with zero attached hydrogens (tertiary/aromatic N) is 2. The normalized spacial score (nSPS) is 17.2. The lowest BCUT2D eigenvalue weighted by Gasteiger charge is -2.20. The molecule has 0 aromatic rings. The SMILES string of the molecule is CCN(CC)/C(C)=N/P(C)(=N)F. The van der Waals surface area contributed by atoms with Gasteiger partial charge in [0, 0.05) is 19.8 Å². The Hall–Kier alpha value is -0.370. The Morgan fingerprint density at radius 2 is 1.92 bits per heavy atom. The topological polar surface area (TPSA) is 39.5 Å². The summed E-state index contributed by atoms with van der Waals surface area (Å²) in [7, 11) is -3.26. The number of nitrogens with one attached hydrogen (secondary N) is 1. The van der Waals surface area contributed by atoms with Gasteiger partial charge in [0.25, 0.3) is 0 Å². The zero-order chi connectivity index (χ0) is 9.78. The molecule has 0 amide bonds. The Balaban J connectivity index is 4.45. The zero-order valence-electron chi connectivity index (χ0n) is 8.13. The van der Waals surface area contributed by atoms with Crippen LogP contribution in [0.4, 0.5) is 4.20 Å². The Morgan fingerprint density at radius 1 is 1.50 bits per heavy atom. The van der Waals surface area contributed by atoms with E-state index >= 15 is 0 Å². The zero-order valence-corrected chi connectivity index (χ0v) is 9.03. The molecular weight excluding hydrogens is 176 g/mol. The van der Waals surface area contributed by atoms with Gasteiger partial charge in [-0.2, -0.15) is 4.20 Å². The average Bonchev–Trinajstić information content (AvgIpc) is 1.85. The fourth-order valence-corrected chi connectivity index (χ4v) is 1.69. The van der Waals surface area contributed by atoms with E-state index in [0.717, 1.165) is 13.1 Å². The van der Waals surface area contributed by atoms with E-state index in [-0.39, 0.29) is 0 Å². The molecule has 0 aliphatic rings. The standard InChI is InChI=1S/C7H17FN3P/c1-5-11(6-2)7(3)10-12(4,8)9/h9H,5-6H2,1-4H3/b10-7+. The van der Waals surface area contributed by atoms with Crippen molar-refractivity contribution in [3.63, 3.8) is 0 Å². The number of hydrogen-bond acceptors (Lipinski definition) is 1. The van der Waals surface area contributed by atoms with Crippen LogP contribution in [-0.2, 0) is 0 Å². The molecule has 0 aromatic carbocycles. The van der Waals surface area contributed by atoms with Gasteiger partial charge in [0.15, 0.2) is 0 Å². The van der Waals surface area contributed by atoms with Crippen LogP contribution in [-0.4, -0.2) is 30.5 Å². The van der Waals surface area contributed by atoms with Crippen LogP contribution in [0.3, 0.4) is 0 Å². The van der Waals surface area contributed by atoms with E-state index in [9.17, 15) is 4.20 Å². The van der Waals surface area contributed by atoms with Crippen molar-refractivity contribution in [1.82, 2.24) is 4.90 Å². The lowest BCUT2D eigenvalue weighted by atomic mass is 10.5. The Labute approximate surface area is 73.7 Å². The molecule has 0 fully saturated rings. The molecule has 0 heterocycles. The number of halogens is 1. The predicted octanol–water partition coefficient (Wildman–Crippen LogP) is 2.96. The van der Waals surface area contributed by atoms with Gasteiger partial charge in [-0.05, 0) is 20.8 Å². The molecule has 0 spiro atoms. The van der Waals surface area contributed by atoms with Crippen LogP contribution in [0.15, 0.2) is 4.76 Å². The Kier molecular flexibility index (Phi) is 4.46. The summed E-state index contributed by atoms with van der Waals surface area (Å²) in [5.41, 5.74) is 0. The van der Waals surface area contributed by atoms with E-state index in [1.54, 1.807) is 6.92 Å². The van der Waals surface area contributed by atoms with Crippen molar-refractivity contribution in [3.8, 4) is 0 Å². The fraction of sp³-hybridized carbons (Fsp3) is 0.857. The van der Waals surface area contributed by atoms with Crippen LogP contribution in [0.25, 0.3) is 0 Å². The first-order chi connectivity index (χ1) is 5.40. The van der Waals surface area contributed by atoms with Crippen LogP contribution >= 0.6 is 7.52 Å². The molecule has 3 nitrogen and oxygen atoms in total. The summed E-state index contributed by atoms with van der Waals surface area (Å²) >= 11 is 0. The van der Waals surface area contributed by atoms with Crippen molar-refractivity contribution in [3.05, 3.63) is 0 Å². The largest absolute Gasteiger partial charge is 0.361 e. The van der Waals surface area contributed by atoms with E-state index in [0.29, 0.717) is 5.84 Å². The van der Waals surface area contributed by atoms with Crippen LogP contribution < -0.4 is 0 Å². The monoisotopic (exact) mass is 193 g/mol. The second-order valence-electron chi connectivity index (χ2n) is 2.67. The van der Waals surface area contributed by atoms with Crippen molar-refractivity contribution in [2.75, 3.05) is 19.8 Å². The molecule has 0 saturated carbocycles. The predicted molar refractivity (Wildman–Crippen MR) is 52.7 cm³/mol. The fourth-order valence-electron chi connectivity index (χ4n) is 1.02. The molecule has 0 rings (SSSR count). The van der Waals surface area contributed by atoms with Crippen LogP contribution in [0.1, 0.15) is 20.8 Å². The number of amidine groups is 1. The van der Waals surface area contributed by atoms with Gasteiger partial charge in [-0.25, -0.2) is 4.76 Å². The van der Waals surface area contributed by atoms with E-state index in [1.165, 1.54) is 6.66 Å². The highest BCUT2D eigenvalue weighted by Crippen LogP contribution is 2.45. The molecule has 1 atom stereocenters. The van der Waals surface area contributed by atoms with E-state index in [2.05, 4.69) is 4.76 Å². The first kappa shape index (κ1) is 11.6. The smallest absolute Gasteiger partial charge is 0.235 e. The molecule has 1 N–H and O–H groups in total. The van der Waals surface area contributed by atoms with Crippen LogP contribution in [0.5, 0.6) is 0 Å². The van der Waals surface area contributed by atoms with Gasteiger partial charge in [0.1, 0.15) is 5.84 Å². The summed E-state index contributed by atoms with van der Waals surface area (Å²) in [5, 5.41) is 7.04. The van der Waals surface area contributed by atoms with Crippen molar-refractivity contribution in [2.45, 2.75) is 20.8 Å². The summed E-state index contributed by atoms with van der Waals surface area (Å²) in [5.74, 6) is 0.633. The molecule has 0 saturated heterocycles. The van der Waals surface area contributed by atoms with Gasteiger partial charge in [0.2, 0.25) is 7.52 Å². The maximum Gasteiger partial charge on any atom is 0.235 e. The van der Waals surface area contributed by atoms with Gasteiger partial charge < -0.3 is 4.90 Å². The minimum atomic E-state index is -3.26. The third kappa shape index (κ3) is 4.50. The second-order valence-corrected chi connectivity index (χ2v) is 4.58. The highest BCUT2D eigenvalue weighted by molar-refractivity contribution is 7.57. The highest BCUT2D eigenvalue weighted by atomic mass is 31.2. The number of hydrogen-bond donors (Lipinski definition) is 1. The van der Waals surface area contributed by atoms with E-state index in [4.69, 9.17) is 5.16 Å². The molecule has 12 heavy (non-hydrogen) atoms. The van der Waals surface area contributed by atoms with Gasteiger partial charge in [-0.3, -0.25) is 5.16 Å². The van der Waals surface area contributed by atoms with Gasteiger partial charge in [-0.15, -0.1) is 0 Å².